The van der Waals surface area contributed by atoms with Crippen molar-refractivity contribution in [3.63, 3.8) is 0 Å². The van der Waals surface area contributed by atoms with E-state index >= 15 is 0 Å². The number of para-hydroxylation sites is 1. The maximum absolute atomic E-state index is 12.6. The molecule has 1 aliphatic heterocycles. The van der Waals surface area contributed by atoms with Gasteiger partial charge in [-0.15, -0.1) is 12.4 Å². The van der Waals surface area contributed by atoms with E-state index in [9.17, 15) is 9.59 Å². The highest BCUT2D eigenvalue weighted by Gasteiger charge is 2.23. The van der Waals surface area contributed by atoms with Crippen molar-refractivity contribution in [2.75, 3.05) is 30.3 Å². The van der Waals surface area contributed by atoms with Crippen LogP contribution in [0.5, 0.6) is 0 Å². The Kier molecular flexibility index (Phi) is 7.00. The first-order valence-electron chi connectivity index (χ1n) is 8.38. The maximum Gasteiger partial charge on any atom is 0.323 e. The summed E-state index contributed by atoms with van der Waals surface area (Å²) in [5, 5.41) is 8.79. The monoisotopic (exact) mass is 374 g/mol. The summed E-state index contributed by atoms with van der Waals surface area (Å²) >= 11 is 0. The third-order valence-corrected chi connectivity index (χ3v) is 4.18. The van der Waals surface area contributed by atoms with Gasteiger partial charge in [-0.05, 0) is 43.3 Å². The number of amides is 3. The zero-order valence-corrected chi connectivity index (χ0v) is 15.4. The van der Waals surface area contributed by atoms with Crippen LogP contribution in [0.25, 0.3) is 0 Å². The maximum atomic E-state index is 12.6. The van der Waals surface area contributed by atoms with Gasteiger partial charge in [0, 0.05) is 42.6 Å². The fraction of sp³-hybridized carbons (Fsp3) is 0.263. The number of anilines is 2. The zero-order chi connectivity index (χ0) is 17.6. The number of nitrogens with zero attached hydrogens (tertiary/aromatic N) is 1. The summed E-state index contributed by atoms with van der Waals surface area (Å²) in [6.07, 6.45) is 0. The van der Waals surface area contributed by atoms with Gasteiger partial charge in [0.15, 0.2) is 0 Å². The van der Waals surface area contributed by atoms with Gasteiger partial charge in [0.2, 0.25) is 0 Å². The van der Waals surface area contributed by atoms with E-state index in [0.29, 0.717) is 17.8 Å². The standard InChI is InChI=1S/C19H22N4O2.ClH/c1-14-13-20-11-12-23(14)18(24)15-7-9-17(10-8-15)22-19(25)21-16-5-3-2-4-6-16;/h2-10,14,20H,11-13H2,1H3,(H2,21,22,25);1H/t14-;/m0./s1. The van der Waals surface area contributed by atoms with E-state index < -0.39 is 0 Å². The van der Waals surface area contributed by atoms with Crippen molar-refractivity contribution in [3.05, 3.63) is 60.2 Å². The topological polar surface area (TPSA) is 73.5 Å². The van der Waals surface area contributed by atoms with Gasteiger partial charge in [-0.3, -0.25) is 4.79 Å². The van der Waals surface area contributed by atoms with E-state index in [4.69, 9.17) is 0 Å². The van der Waals surface area contributed by atoms with E-state index in [1.54, 1.807) is 24.3 Å². The number of benzene rings is 2. The van der Waals surface area contributed by atoms with E-state index in [1.165, 1.54) is 0 Å². The molecule has 1 aliphatic rings. The number of nitrogens with one attached hydrogen (secondary N) is 3. The van der Waals surface area contributed by atoms with Crippen LogP contribution in [0, 0.1) is 0 Å². The predicted octanol–water partition coefficient (Wildman–Crippen LogP) is 3.19. The van der Waals surface area contributed by atoms with Crippen LogP contribution in [0.4, 0.5) is 16.2 Å². The molecular weight excluding hydrogens is 352 g/mol. The Morgan fingerprint density at radius 2 is 1.62 bits per heavy atom. The molecule has 0 aromatic heterocycles. The van der Waals surface area contributed by atoms with Crippen LogP contribution in [-0.2, 0) is 0 Å². The van der Waals surface area contributed by atoms with Crippen LogP contribution >= 0.6 is 12.4 Å². The van der Waals surface area contributed by atoms with Gasteiger partial charge in [-0.1, -0.05) is 18.2 Å². The number of piperazine rings is 1. The molecule has 3 rings (SSSR count). The first-order valence-corrected chi connectivity index (χ1v) is 8.38. The third-order valence-electron chi connectivity index (χ3n) is 4.18. The highest BCUT2D eigenvalue weighted by atomic mass is 35.5. The molecule has 1 fully saturated rings. The second-order valence-corrected chi connectivity index (χ2v) is 6.07. The summed E-state index contributed by atoms with van der Waals surface area (Å²) in [6.45, 7) is 4.37. The molecule has 1 heterocycles. The number of carbonyl (C=O) groups is 2. The van der Waals surface area contributed by atoms with E-state index in [2.05, 4.69) is 16.0 Å². The molecule has 1 saturated heterocycles. The molecule has 0 radical (unpaired) electrons. The molecule has 7 heteroatoms. The minimum atomic E-state index is -0.319. The van der Waals surface area contributed by atoms with Crippen molar-refractivity contribution in [2.24, 2.45) is 0 Å². The minimum Gasteiger partial charge on any atom is -0.333 e. The van der Waals surface area contributed by atoms with Crippen LogP contribution in [-0.4, -0.2) is 42.5 Å². The van der Waals surface area contributed by atoms with Gasteiger partial charge >= 0.3 is 6.03 Å². The first-order chi connectivity index (χ1) is 12.1. The Balaban J connectivity index is 0.00000243. The smallest absolute Gasteiger partial charge is 0.323 e. The Morgan fingerprint density at radius 1 is 1.00 bits per heavy atom. The zero-order valence-electron chi connectivity index (χ0n) is 14.6. The van der Waals surface area contributed by atoms with Crippen LogP contribution < -0.4 is 16.0 Å². The molecule has 3 N–H and O–H groups in total. The van der Waals surface area contributed by atoms with Crippen LogP contribution in [0.1, 0.15) is 17.3 Å². The molecular formula is C19H23ClN4O2. The van der Waals surface area contributed by atoms with E-state index in [0.717, 1.165) is 18.8 Å². The molecule has 3 amide bonds. The lowest BCUT2D eigenvalue weighted by molar-refractivity contribution is 0.0656. The Bertz CT molecular complexity index is 737. The molecule has 0 saturated carbocycles. The van der Waals surface area contributed by atoms with Gasteiger partial charge in [-0.25, -0.2) is 4.79 Å². The lowest BCUT2D eigenvalue weighted by atomic mass is 10.1. The molecule has 2 aromatic rings. The van der Waals surface area contributed by atoms with Crippen LogP contribution in [0.2, 0.25) is 0 Å². The Morgan fingerprint density at radius 3 is 2.23 bits per heavy atom. The second-order valence-electron chi connectivity index (χ2n) is 6.07. The van der Waals surface area contributed by atoms with Crippen molar-refractivity contribution in [3.8, 4) is 0 Å². The van der Waals surface area contributed by atoms with Crippen molar-refractivity contribution < 1.29 is 9.59 Å². The average molecular weight is 375 g/mol. The Labute approximate surface area is 159 Å². The first kappa shape index (κ1) is 19.8. The lowest BCUT2D eigenvalue weighted by Gasteiger charge is -2.34. The summed E-state index contributed by atoms with van der Waals surface area (Å²) in [4.78, 5) is 26.4. The number of halogens is 1. The third kappa shape index (κ3) is 4.97. The highest BCUT2D eigenvalue weighted by Crippen LogP contribution is 2.15. The minimum absolute atomic E-state index is 0. The van der Waals surface area contributed by atoms with Crippen LogP contribution in [0.15, 0.2) is 54.6 Å². The van der Waals surface area contributed by atoms with Crippen molar-refractivity contribution in [1.29, 1.82) is 0 Å². The molecule has 0 aliphatic carbocycles. The molecule has 0 unspecified atom stereocenters. The fourth-order valence-corrected chi connectivity index (χ4v) is 2.82. The summed E-state index contributed by atoms with van der Waals surface area (Å²) in [5.41, 5.74) is 1.99. The summed E-state index contributed by atoms with van der Waals surface area (Å²) in [7, 11) is 0. The predicted molar refractivity (Wildman–Crippen MR) is 106 cm³/mol. The SMILES string of the molecule is C[C@H]1CNCCN1C(=O)c1ccc(NC(=O)Nc2ccccc2)cc1.Cl. The largest absolute Gasteiger partial charge is 0.333 e. The number of carbonyl (C=O) groups excluding carboxylic acids is 2. The van der Waals surface area contributed by atoms with Crippen LogP contribution in [0.3, 0.4) is 0 Å². The quantitative estimate of drug-likeness (QED) is 0.772. The lowest BCUT2D eigenvalue weighted by Crippen LogP contribution is -2.52. The molecule has 6 nitrogen and oxygen atoms in total. The average Bonchev–Trinajstić information content (AvgIpc) is 2.63. The molecule has 2 aromatic carbocycles. The summed E-state index contributed by atoms with van der Waals surface area (Å²) in [6, 6.07) is 16.1. The van der Waals surface area contributed by atoms with Gasteiger partial charge in [0.25, 0.3) is 5.91 Å². The summed E-state index contributed by atoms with van der Waals surface area (Å²) in [5.74, 6) is 0.0225. The van der Waals surface area contributed by atoms with Gasteiger partial charge in [0.05, 0.1) is 0 Å². The van der Waals surface area contributed by atoms with Crippen molar-refractivity contribution in [1.82, 2.24) is 10.2 Å². The molecule has 0 bridgehead atoms. The van der Waals surface area contributed by atoms with Gasteiger partial charge in [-0.2, -0.15) is 0 Å². The Hall–Kier alpha value is -2.57. The molecule has 1 atom stereocenters. The van der Waals surface area contributed by atoms with E-state index in [-0.39, 0.29) is 30.4 Å². The second kappa shape index (κ2) is 9.22. The number of hydrogen-bond donors (Lipinski definition) is 3. The van der Waals surface area contributed by atoms with Gasteiger partial charge in [0.1, 0.15) is 0 Å². The number of hydrogen-bond acceptors (Lipinski definition) is 3. The van der Waals surface area contributed by atoms with Crippen molar-refractivity contribution in [2.45, 2.75) is 13.0 Å². The van der Waals surface area contributed by atoms with Crippen molar-refractivity contribution >= 4 is 35.7 Å². The number of urea groups is 1. The highest BCUT2D eigenvalue weighted by molar-refractivity contribution is 6.00. The number of rotatable bonds is 3. The normalized spacial score (nSPS) is 16.3. The molecule has 0 spiro atoms. The molecule has 138 valence electrons. The summed E-state index contributed by atoms with van der Waals surface area (Å²) < 4.78 is 0. The fourth-order valence-electron chi connectivity index (χ4n) is 2.82. The van der Waals surface area contributed by atoms with E-state index in [1.807, 2.05) is 42.2 Å². The molecule has 26 heavy (non-hydrogen) atoms. The van der Waals surface area contributed by atoms with Gasteiger partial charge < -0.3 is 20.9 Å².